The normalized spacial score (nSPS) is 32.2. The summed E-state index contributed by atoms with van der Waals surface area (Å²) in [5, 5.41) is 9.68. The summed E-state index contributed by atoms with van der Waals surface area (Å²) in [4.78, 5) is 0. The molecule has 2 fully saturated rings. The number of ether oxygens (including phenoxy) is 2. The summed E-state index contributed by atoms with van der Waals surface area (Å²) in [6, 6.07) is 0. The van der Waals surface area contributed by atoms with Crippen molar-refractivity contribution in [2.75, 3.05) is 6.61 Å². The van der Waals surface area contributed by atoms with E-state index in [4.69, 9.17) is 9.47 Å². The van der Waals surface area contributed by atoms with Crippen molar-refractivity contribution in [3.63, 3.8) is 0 Å². The van der Waals surface area contributed by atoms with Crippen molar-refractivity contribution < 1.29 is 14.6 Å². The number of aliphatic hydroxyl groups excluding tert-OH is 1. The van der Waals surface area contributed by atoms with E-state index in [0.29, 0.717) is 0 Å². The van der Waals surface area contributed by atoms with Gasteiger partial charge in [-0.2, -0.15) is 0 Å². The van der Waals surface area contributed by atoms with Crippen LogP contribution in [0, 0.1) is 0 Å². The first-order valence-corrected chi connectivity index (χ1v) is 5.37. The van der Waals surface area contributed by atoms with E-state index >= 15 is 0 Å². The molecule has 2 aliphatic rings. The van der Waals surface area contributed by atoms with Crippen LogP contribution in [0.4, 0.5) is 0 Å². The molecular weight excluding hydrogens is 180 g/mol. The van der Waals surface area contributed by atoms with Crippen LogP contribution in [0.5, 0.6) is 0 Å². The van der Waals surface area contributed by atoms with Crippen molar-refractivity contribution in [2.24, 2.45) is 0 Å². The Morgan fingerprint density at radius 3 is 2.79 bits per heavy atom. The minimum atomic E-state index is -0.548. The lowest BCUT2D eigenvalue weighted by Crippen LogP contribution is -2.36. The topological polar surface area (TPSA) is 38.7 Å². The van der Waals surface area contributed by atoms with Gasteiger partial charge in [0.25, 0.3) is 0 Å². The van der Waals surface area contributed by atoms with Gasteiger partial charge in [-0.1, -0.05) is 6.08 Å². The molecule has 2 atom stereocenters. The number of rotatable bonds is 4. The Bertz CT molecular complexity index is 205. The van der Waals surface area contributed by atoms with Crippen molar-refractivity contribution in [1.29, 1.82) is 0 Å². The lowest BCUT2D eigenvalue weighted by atomic mass is 10.1. The molecule has 3 heteroatoms. The third-order valence-corrected chi connectivity index (χ3v) is 3.01. The molecule has 1 heterocycles. The van der Waals surface area contributed by atoms with Gasteiger partial charge in [-0.15, -0.1) is 6.58 Å². The highest BCUT2D eigenvalue weighted by molar-refractivity contribution is 5.08. The smallest absolute Gasteiger partial charge is 0.158 e. The predicted octanol–water partition coefficient (Wildman–Crippen LogP) is 1.61. The largest absolute Gasteiger partial charge is 0.386 e. The average Bonchev–Trinajstić information content (AvgIpc) is 2.99. The third kappa shape index (κ3) is 2.00. The van der Waals surface area contributed by atoms with Gasteiger partial charge in [-0.25, -0.2) is 0 Å². The molecule has 2 rings (SSSR count). The van der Waals surface area contributed by atoms with E-state index < -0.39 is 6.10 Å². The summed E-state index contributed by atoms with van der Waals surface area (Å²) in [7, 11) is 0. The molecular formula is C11H18O3. The zero-order valence-corrected chi connectivity index (χ0v) is 8.45. The third-order valence-electron chi connectivity index (χ3n) is 3.01. The van der Waals surface area contributed by atoms with Crippen molar-refractivity contribution >= 4 is 0 Å². The van der Waals surface area contributed by atoms with Crippen LogP contribution in [0.25, 0.3) is 0 Å². The Balaban J connectivity index is 1.86. The first-order chi connectivity index (χ1) is 6.77. The summed E-state index contributed by atoms with van der Waals surface area (Å²) < 4.78 is 11.3. The zero-order valence-electron chi connectivity index (χ0n) is 8.45. The number of hydrogen-bond acceptors (Lipinski definition) is 3. The lowest BCUT2D eigenvalue weighted by Gasteiger charge is -2.29. The summed E-state index contributed by atoms with van der Waals surface area (Å²) in [5.41, 5.74) is -0.371. The molecule has 1 N–H and O–H groups in total. The minimum Gasteiger partial charge on any atom is -0.386 e. The average molecular weight is 198 g/mol. The van der Waals surface area contributed by atoms with Crippen molar-refractivity contribution in [3.8, 4) is 0 Å². The Labute approximate surface area is 84.7 Å². The quantitative estimate of drug-likeness (QED) is 0.697. The van der Waals surface area contributed by atoms with E-state index in [1.54, 1.807) is 6.08 Å². The summed E-state index contributed by atoms with van der Waals surface area (Å²) in [6.07, 6.45) is 5.96. The first kappa shape index (κ1) is 10.1. The molecule has 1 saturated carbocycles. The van der Waals surface area contributed by atoms with E-state index in [1.165, 1.54) is 0 Å². The second-order valence-electron chi connectivity index (χ2n) is 4.16. The Morgan fingerprint density at radius 2 is 2.29 bits per heavy atom. The SMILES string of the molecule is C=CC(O)C1(OC2CCCCO2)CC1. The van der Waals surface area contributed by atoms with Gasteiger partial charge in [-0.05, 0) is 32.1 Å². The second-order valence-corrected chi connectivity index (χ2v) is 4.16. The number of hydrogen-bond donors (Lipinski definition) is 1. The highest BCUT2D eigenvalue weighted by atomic mass is 16.7. The minimum absolute atomic E-state index is 0.110. The van der Waals surface area contributed by atoms with Crippen LogP contribution in [0.3, 0.4) is 0 Å². The first-order valence-electron chi connectivity index (χ1n) is 5.37. The lowest BCUT2D eigenvalue weighted by molar-refractivity contribution is -0.212. The van der Waals surface area contributed by atoms with E-state index in [9.17, 15) is 5.11 Å². The highest BCUT2D eigenvalue weighted by Crippen LogP contribution is 2.44. The van der Waals surface area contributed by atoms with Gasteiger partial charge in [0.15, 0.2) is 6.29 Å². The van der Waals surface area contributed by atoms with Crippen LogP contribution < -0.4 is 0 Å². The van der Waals surface area contributed by atoms with Gasteiger partial charge in [-0.3, -0.25) is 0 Å². The van der Waals surface area contributed by atoms with E-state index in [1.807, 2.05) is 0 Å². The number of aliphatic hydroxyl groups is 1. The maximum absolute atomic E-state index is 9.68. The monoisotopic (exact) mass is 198 g/mol. The summed E-state index contributed by atoms with van der Waals surface area (Å²) >= 11 is 0. The molecule has 0 bridgehead atoms. The molecule has 0 aromatic carbocycles. The zero-order chi connectivity index (χ0) is 10.0. The fourth-order valence-electron chi connectivity index (χ4n) is 1.89. The molecule has 14 heavy (non-hydrogen) atoms. The van der Waals surface area contributed by atoms with Gasteiger partial charge in [0.1, 0.15) is 11.7 Å². The standard InChI is InChI=1S/C11H18O3/c1-2-9(12)11(6-7-11)14-10-5-3-4-8-13-10/h2,9-10,12H,1,3-8H2. The van der Waals surface area contributed by atoms with E-state index in [0.717, 1.165) is 38.7 Å². The Hall–Kier alpha value is -0.380. The van der Waals surface area contributed by atoms with Gasteiger partial charge in [0.05, 0.1) is 0 Å². The van der Waals surface area contributed by atoms with Crippen molar-refractivity contribution in [3.05, 3.63) is 12.7 Å². The summed E-state index contributed by atoms with van der Waals surface area (Å²) in [6.45, 7) is 4.37. The van der Waals surface area contributed by atoms with E-state index in [-0.39, 0.29) is 11.9 Å². The molecule has 0 aromatic heterocycles. The van der Waals surface area contributed by atoms with Crippen LogP contribution >= 0.6 is 0 Å². The second kappa shape index (κ2) is 4.01. The molecule has 0 radical (unpaired) electrons. The molecule has 0 aromatic rings. The van der Waals surface area contributed by atoms with Crippen LogP contribution in [-0.2, 0) is 9.47 Å². The Kier molecular flexibility index (Phi) is 2.91. The van der Waals surface area contributed by atoms with Gasteiger partial charge in [0, 0.05) is 6.61 Å². The maximum atomic E-state index is 9.68. The van der Waals surface area contributed by atoms with Gasteiger partial charge >= 0.3 is 0 Å². The molecule has 3 nitrogen and oxygen atoms in total. The van der Waals surface area contributed by atoms with E-state index in [2.05, 4.69) is 6.58 Å². The Morgan fingerprint density at radius 1 is 1.50 bits per heavy atom. The van der Waals surface area contributed by atoms with Crippen molar-refractivity contribution in [2.45, 2.75) is 50.1 Å². The fourth-order valence-corrected chi connectivity index (χ4v) is 1.89. The summed E-state index contributed by atoms with van der Waals surface area (Å²) in [5.74, 6) is 0. The van der Waals surface area contributed by atoms with Crippen LogP contribution in [0.2, 0.25) is 0 Å². The maximum Gasteiger partial charge on any atom is 0.158 e. The van der Waals surface area contributed by atoms with Gasteiger partial charge in [0.2, 0.25) is 0 Å². The van der Waals surface area contributed by atoms with Gasteiger partial charge < -0.3 is 14.6 Å². The molecule has 1 aliphatic carbocycles. The molecule has 1 aliphatic heterocycles. The highest BCUT2D eigenvalue weighted by Gasteiger charge is 2.51. The molecule has 2 unspecified atom stereocenters. The molecule has 0 spiro atoms. The molecule has 80 valence electrons. The fraction of sp³-hybridized carbons (Fsp3) is 0.818. The predicted molar refractivity (Wildman–Crippen MR) is 52.8 cm³/mol. The molecule has 1 saturated heterocycles. The van der Waals surface area contributed by atoms with Crippen molar-refractivity contribution in [1.82, 2.24) is 0 Å². The van der Waals surface area contributed by atoms with Crippen LogP contribution in [-0.4, -0.2) is 29.7 Å². The van der Waals surface area contributed by atoms with Crippen LogP contribution in [0.15, 0.2) is 12.7 Å². The van der Waals surface area contributed by atoms with Crippen LogP contribution in [0.1, 0.15) is 32.1 Å². The molecule has 0 amide bonds.